The molecule has 2 aliphatic heterocycles. The van der Waals surface area contributed by atoms with Crippen LogP contribution in [0.2, 0.25) is 5.02 Å². The number of hydrogen-bond donors (Lipinski definition) is 1. The predicted molar refractivity (Wildman–Crippen MR) is 108 cm³/mol. The van der Waals surface area contributed by atoms with E-state index in [0.29, 0.717) is 25.3 Å². The molecule has 0 bridgehead atoms. The summed E-state index contributed by atoms with van der Waals surface area (Å²) in [4.78, 5) is 2.44. The van der Waals surface area contributed by atoms with Crippen LogP contribution in [0.3, 0.4) is 0 Å². The van der Waals surface area contributed by atoms with Gasteiger partial charge in [0.15, 0.2) is 11.5 Å². The Labute approximate surface area is 165 Å². The zero-order valence-electron chi connectivity index (χ0n) is 15.4. The summed E-state index contributed by atoms with van der Waals surface area (Å²) in [5.41, 5.74) is 4.03. The molecule has 0 amide bonds. The molecule has 1 N–H and O–H groups in total. The second-order valence-corrected chi connectivity index (χ2v) is 8.18. The minimum atomic E-state index is 0.538. The Kier molecular flexibility index (Phi) is 4.62. The molecule has 4 nitrogen and oxygen atoms in total. The first-order valence-corrected chi connectivity index (χ1v) is 10.3. The maximum absolute atomic E-state index is 6.14. The minimum absolute atomic E-state index is 0.538. The van der Waals surface area contributed by atoms with Crippen molar-refractivity contribution in [3.63, 3.8) is 0 Å². The third-order valence-corrected chi connectivity index (χ3v) is 6.19. The summed E-state index contributed by atoms with van der Waals surface area (Å²) in [6, 6.07) is 13.6. The van der Waals surface area contributed by atoms with Crippen LogP contribution in [0.4, 0.5) is 5.69 Å². The Bertz CT molecular complexity index is 833. The van der Waals surface area contributed by atoms with Gasteiger partial charge in [-0.05, 0) is 61.1 Å². The van der Waals surface area contributed by atoms with E-state index in [4.69, 9.17) is 21.1 Å². The smallest absolute Gasteiger partial charge is 0.184 e. The van der Waals surface area contributed by atoms with Gasteiger partial charge in [0.2, 0.25) is 0 Å². The fourth-order valence-corrected chi connectivity index (χ4v) is 4.83. The lowest BCUT2D eigenvalue weighted by Gasteiger charge is -2.36. The Balaban J connectivity index is 1.19. The highest BCUT2D eigenvalue weighted by atomic mass is 35.5. The number of para-hydroxylation sites is 1. The van der Waals surface area contributed by atoms with Crippen LogP contribution in [0, 0.1) is 0 Å². The molecule has 1 aliphatic carbocycles. The monoisotopic (exact) mass is 384 g/mol. The average Bonchev–Trinajstić information content (AvgIpc) is 3.09. The fourth-order valence-electron chi connectivity index (χ4n) is 4.63. The molecule has 0 aromatic heterocycles. The van der Waals surface area contributed by atoms with Gasteiger partial charge in [-0.25, -0.2) is 0 Å². The lowest BCUT2D eigenvalue weighted by molar-refractivity contribution is 0.172. The molecular weight excluding hydrogens is 360 g/mol. The molecule has 142 valence electrons. The van der Waals surface area contributed by atoms with E-state index in [-0.39, 0.29) is 0 Å². The summed E-state index contributed by atoms with van der Waals surface area (Å²) in [6.07, 6.45) is 4.51. The van der Waals surface area contributed by atoms with Crippen molar-refractivity contribution in [3.8, 4) is 11.5 Å². The van der Waals surface area contributed by atoms with Gasteiger partial charge >= 0.3 is 0 Å². The fraction of sp³-hybridized carbons (Fsp3) is 0.455. The highest BCUT2D eigenvalue weighted by Gasteiger charge is 2.28. The summed E-state index contributed by atoms with van der Waals surface area (Å²) in [7, 11) is 0. The summed E-state index contributed by atoms with van der Waals surface area (Å²) < 4.78 is 11.6. The van der Waals surface area contributed by atoms with Gasteiger partial charge in [0.05, 0.1) is 5.69 Å². The van der Waals surface area contributed by atoms with E-state index in [1.807, 2.05) is 12.1 Å². The van der Waals surface area contributed by atoms with Crippen LogP contribution in [-0.4, -0.2) is 38.4 Å². The van der Waals surface area contributed by atoms with Gasteiger partial charge in [-0.2, -0.15) is 0 Å². The highest BCUT2D eigenvalue weighted by molar-refractivity contribution is 6.30. The van der Waals surface area contributed by atoms with Gasteiger partial charge in [-0.3, -0.25) is 0 Å². The van der Waals surface area contributed by atoms with Gasteiger partial charge in [0, 0.05) is 30.2 Å². The molecule has 5 heteroatoms. The van der Waals surface area contributed by atoms with Crippen molar-refractivity contribution in [1.82, 2.24) is 5.32 Å². The molecule has 1 atom stereocenters. The number of nitrogens with one attached hydrogen (secondary N) is 1. The van der Waals surface area contributed by atoms with Gasteiger partial charge in [-0.15, -0.1) is 0 Å². The highest BCUT2D eigenvalue weighted by Crippen LogP contribution is 2.40. The molecule has 1 saturated heterocycles. The maximum Gasteiger partial charge on any atom is 0.184 e. The predicted octanol–water partition coefficient (Wildman–Crippen LogP) is 3.84. The summed E-state index contributed by atoms with van der Waals surface area (Å²) in [5, 5.41) is 4.74. The minimum Gasteiger partial charge on any atom is -0.486 e. The van der Waals surface area contributed by atoms with E-state index < -0.39 is 0 Å². The van der Waals surface area contributed by atoms with Crippen molar-refractivity contribution in [1.29, 1.82) is 0 Å². The quantitative estimate of drug-likeness (QED) is 0.871. The first-order chi connectivity index (χ1) is 13.3. The Morgan fingerprint density at radius 3 is 2.63 bits per heavy atom. The largest absolute Gasteiger partial charge is 0.486 e. The van der Waals surface area contributed by atoms with Crippen LogP contribution >= 0.6 is 11.6 Å². The molecule has 2 aromatic rings. The molecule has 1 unspecified atom stereocenters. The van der Waals surface area contributed by atoms with Crippen LogP contribution in [0.5, 0.6) is 11.5 Å². The Morgan fingerprint density at radius 1 is 0.926 bits per heavy atom. The number of halogens is 1. The molecule has 27 heavy (non-hydrogen) atoms. The lowest BCUT2D eigenvalue weighted by Crippen LogP contribution is -2.46. The molecule has 5 rings (SSSR count). The third kappa shape index (κ3) is 3.48. The van der Waals surface area contributed by atoms with Crippen LogP contribution in [0.1, 0.15) is 24.0 Å². The van der Waals surface area contributed by atoms with Crippen LogP contribution in [0.15, 0.2) is 36.4 Å². The number of benzene rings is 2. The van der Waals surface area contributed by atoms with E-state index in [1.54, 1.807) is 0 Å². The van der Waals surface area contributed by atoms with E-state index in [1.165, 1.54) is 16.8 Å². The normalized spacial score (nSPS) is 22.0. The molecule has 0 saturated carbocycles. The van der Waals surface area contributed by atoms with E-state index >= 15 is 0 Å². The average molecular weight is 385 g/mol. The Hall–Kier alpha value is -1.91. The number of fused-ring (bicyclic) bond motifs is 2. The van der Waals surface area contributed by atoms with Crippen LogP contribution in [0.25, 0.3) is 0 Å². The molecule has 2 heterocycles. The standard InChI is InChI=1S/C22H25ClN2O2/c23-17-5-4-15-13-19(14-16(15)12-17)24-18-6-8-25(9-7-18)20-2-1-3-21-22(20)27-11-10-26-21/h1-5,12,18-19,24H,6-11,13-14H2. The zero-order chi connectivity index (χ0) is 18.2. The first-order valence-electron chi connectivity index (χ1n) is 9.93. The molecule has 0 spiro atoms. The topological polar surface area (TPSA) is 33.7 Å². The van der Waals surface area contributed by atoms with E-state index in [2.05, 4.69) is 34.5 Å². The number of anilines is 1. The number of piperidine rings is 1. The van der Waals surface area contributed by atoms with Gasteiger partial charge in [0.1, 0.15) is 13.2 Å². The molecule has 2 aromatic carbocycles. The summed E-state index contributed by atoms with van der Waals surface area (Å²) >= 11 is 6.14. The van der Waals surface area contributed by atoms with Crippen molar-refractivity contribution < 1.29 is 9.47 Å². The zero-order valence-corrected chi connectivity index (χ0v) is 16.2. The molecule has 1 fully saturated rings. The summed E-state index contributed by atoms with van der Waals surface area (Å²) in [5.74, 6) is 1.79. The SMILES string of the molecule is Clc1ccc2c(c1)CC(NC1CCN(c3cccc4c3OCCO4)CC1)C2. The number of hydrogen-bond acceptors (Lipinski definition) is 4. The molecular formula is C22H25ClN2O2. The van der Waals surface area contributed by atoms with Crippen molar-refractivity contribution in [2.24, 2.45) is 0 Å². The van der Waals surface area contributed by atoms with Crippen molar-refractivity contribution >= 4 is 17.3 Å². The third-order valence-electron chi connectivity index (χ3n) is 5.95. The van der Waals surface area contributed by atoms with Crippen molar-refractivity contribution in [3.05, 3.63) is 52.5 Å². The molecule has 3 aliphatic rings. The second kappa shape index (κ2) is 7.25. The maximum atomic E-state index is 6.14. The van der Waals surface area contributed by atoms with E-state index in [9.17, 15) is 0 Å². The lowest BCUT2D eigenvalue weighted by atomic mass is 10.0. The van der Waals surface area contributed by atoms with Gasteiger partial charge in [-0.1, -0.05) is 23.7 Å². The summed E-state index contributed by atoms with van der Waals surface area (Å²) in [6.45, 7) is 3.36. The van der Waals surface area contributed by atoms with Crippen molar-refractivity contribution in [2.45, 2.75) is 37.8 Å². The Morgan fingerprint density at radius 2 is 1.74 bits per heavy atom. The number of rotatable bonds is 3. The van der Waals surface area contributed by atoms with Crippen LogP contribution in [-0.2, 0) is 12.8 Å². The second-order valence-electron chi connectivity index (χ2n) is 7.75. The molecule has 0 radical (unpaired) electrons. The number of nitrogens with zero attached hydrogens (tertiary/aromatic N) is 1. The van der Waals surface area contributed by atoms with E-state index in [0.717, 1.165) is 55.3 Å². The van der Waals surface area contributed by atoms with Crippen LogP contribution < -0.4 is 19.7 Å². The van der Waals surface area contributed by atoms with Crippen molar-refractivity contribution in [2.75, 3.05) is 31.2 Å². The van der Waals surface area contributed by atoms with Gasteiger partial charge < -0.3 is 19.7 Å². The first kappa shape index (κ1) is 17.2. The number of ether oxygens (including phenoxy) is 2. The van der Waals surface area contributed by atoms with Gasteiger partial charge in [0.25, 0.3) is 0 Å².